The third kappa shape index (κ3) is 2.05. The molecule has 0 aliphatic heterocycles. The summed E-state index contributed by atoms with van der Waals surface area (Å²) >= 11 is 7.20. The van der Waals surface area contributed by atoms with E-state index < -0.39 is 16.8 Å². The summed E-state index contributed by atoms with van der Waals surface area (Å²) in [5.41, 5.74) is 0. The molecule has 0 heterocycles. The predicted octanol–water partition coefficient (Wildman–Crippen LogP) is 2.41. The van der Waals surface area contributed by atoms with Gasteiger partial charge in [0.15, 0.2) is 0 Å². The van der Waals surface area contributed by atoms with E-state index in [-0.39, 0.29) is 12.8 Å². The Kier molecular flexibility index (Phi) is 3.15. The lowest BCUT2D eigenvalue weighted by Crippen LogP contribution is -2.50. The van der Waals surface area contributed by atoms with E-state index in [2.05, 4.69) is 0 Å². The molecule has 3 nitrogen and oxygen atoms in total. The third-order valence-corrected chi connectivity index (χ3v) is 4.58. The van der Waals surface area contributed by atoms with Crippen LogP contribution in [0.3, 0.4) is 0 Å². The molecule has 0 radical (unpaired) electrons. The lowest BCUT2D eigenvalue weighted by Gasteiger charge is -2.41. The number of thioether (sulfide) groups is 1. The quantitative estimate of drug-likeness (QED) is 0.874. The number of carboxylic acid groups (broad SMARTS) is 1. The van der Waals surface area contributed by atoms with Crippen molar-refractivity contribution >= 4 is 29.3 Å². The van der Waals surface area contributed by atoms with Gasteiger partial charge in [-0.3, -0.25) is 4.79 Å². The molecule has 0 aromatic heterocycles. The molecule has 16 heavy (non-hydrogen) atoms. The minimum atomic E-state index is -0.912. The fraction of sp³-hybridized carbons (Fsp3) is 0.364. The molecule has 0 amide bonds. The molecule has 86 valence electrons. The maximum Gasteiger partial charge on any atom is 0.320 e. The van der Waals surface area contributed by atoms with Crippen molar-refractivity contribution in [3.63, 3.8) is 0 Å². The van der Waals surface area contributed by atoms with E-state index >= 15 is 0 Å². The molecule has 2 rings (SSSR count). The topological polar surface area (TPSA) is 57.5 Å². The van der Waals surface area contributed by atoms with Crippen LogP contribution in [0.2, 0.25) is 5.02 Å². The highest BCUT2D eigenvalue weighted by molar-refractivity contribution is 8.01. The van der Waals surface area contributed by atoms with Gasteiger partial charge in [-0.15, -0.1) is 11.8 Å². The Balaban J connectivity index is 2.20. The molecule has 1 saturated carbocycles. The number of carboxylic acids is 1. The summed E-state index contributed by atoms with van der Waals surface area (Å²) in [6, 6.07) is 7.14. The number of benzene rings is 1. The summed E-state index contributed by atoms with van der Waals surface area (Å²) in [7, 11) is 0. The lowest BCUT2D eigenvalue weighted by atomic mass is 9.81. The zero-order valence-electron chi connectivity index (χ0n) is 8.39. The number of halogens is 1. The standard InChI is InChI=1S/C11H11ClO3S/c12-8-3-1-2-4-9(8)16-11(10(14)15)5-7(13)6-11/h1-4,7,13H,5-6H2,(H,14,15). The first-order valence-electron chi connectivity index (χ1n) is 4.88. The highest BCUT2D eigenvalue weighted by Crippen LogP contribution is 2.49. The van der Waals surface area contributed by atoms with Gasteiger partial charge in [0.1, 0.15) is 4.75 Å². The van der Waals surface area contributed by atoms with Crippen LogP contribution in [0, 0.1) is 0 Å². The summed E-state index contributed by atoms with van der Waals surface area (Å²) in [4.78, 5) is 11.9. The molecule has 1 aromatic carbocycles. The second-order valence-electron chi connectivity index (χ2n) is 3.89. The Labute approximate surface area is 102 Å². The second-order valence-corrected chi connectivity index (χ2v) is 5.73. The molecule has 5 heteroatoms. The fourth-order valence-electron chi connectivity index (χ4n) is 1.74. The van der Waals surface area contributed by atoms with E-state index in [1.165, 1.54) is 11.8 Å². The van der Waals surface area contributed by atoms with Gasteiger partial charge < -0.3 is 10.2 Å². The normalized spacial score (nSPS) is 28.5. The number of hydrogen-bond acceptors (Lipinski definition) is 3. The molecule has 0 spiro atoms. The Hall–Kier alpha value is -0.710. The minimum Gasteiger partial charge on any atom is -0.480 e. The van der Waals surface area contributed by atoms with Crippen molar-refractivity contribution in [2.24, 2.45) is 0 Å². The number of rotatable bonds is 3. The highest BCUT2D eigenvalue weighted by Gasteiger charge is 2.51. The molecular formula is C11H11ClO3S. The van der Waals surface area contributed by atoms with E-state index in [0.29, 0.717) is 5.02 Å². The van der Waals surface area contributed by atoms with Gasteiger partial charge in [-0.05, 0) is 25.0 Å². The van der Waals surface area contributed by atoms with Crippen LogP contribution in [0.5, 0.6) is 0 Å². The highest BCUT2D eigenvalue weighted by atomic mass is 35.5. The molecule has 1 aliphatic carbocycles. The molecule has 1 fully saturated rings. The molecule has 0 bridgehead atoms. The first kappa shape index (κ1) is 11.8. The first-order chi connectivity index (χ1) is 7.53. The van der Waals surface area contributed by atoms with E-state index in [9.17, 15) is 15.0 Å². The van der Waals surface area contributed by atoms with Crippen molar-refractivity contribution < 1.29 is 15.0 Å². The smallest absolute Gasteiger partial charge is 0.320 e. The molecule has 0 atom stereocenters. The van der Waals surface area contributed by atoms with Crippen molar-refractivity contribution in [2.45, 2.75) is 28.6 Å². The van der Waals surface area contributed by atoms with Gasteiger partial charge in [0.25, 0.3) is 0 Å². The van der Waals surface area contributed by atoms with Crippen LogP contribution in [0.4, 0.5) is 0 Å². The number of carbonyl (C=O) groups is 1. The monoisotopic (exact) mass is 258 g/mol. The number of aliphatic carboxylic acids is 1. The Morgan fingerprint density at radius 3 is 2.56 bits per heavy atom. The maximum absolute atomic E-state index is 11.2. The third-order valence-electron chi connectivity index (χ3n) is 2.66. The van der Waals surface area contributed by atoms with E-state index in [1.54, 1.807) is 18.2 Å². The van der Waals surface area contributed by atoms with Gasteiger partial charge in [0.2, 0.25) is 0 Å². The Morgan fingerprint density at radius 1 is 1.44 bits per heavy atom. The van der Waals surface area contributed by atoms with Gasteiger partial charge >= 0.3 is 5.97 Å². The van der Waals surface area contributed by atoms with Gasteiger partial charge in [-0.1, -0.05) is 23.7 Å². The Bertz CT molecular complexity index is 415. The second kappa shape index (κ2) is 4.28. The predicted molar refractivity (Wildman–Crippen MR) is 62.9 cm³/mol. The van der Waals surface area contributed by atoms with Crippen molar-refractivity contribution in [2.75, 3.05) is 0 Å². The zero-order valence-corrected chi connectivity index (χ0v) is 9.96. The van der Waals surface area contributed by atoms with Crippen LogP contribution in [0.25, 0.3) is 0 Å². The van der Waals surface area contributed by atoms with Gasteiger partial charge in [0.05, 0.1) is 11.1 Å². The van der Waals surface area contributed by atoms with Crippen molar-refractivity contribution in [3.8, 4) is 0 Å². The van der Waals surface area contributed by atoms with E-state index in [4.69, 9.17) is 11.6 Å². The number of aliphatic hydroxyl groups is 1. The molecular weight excluding hydrogens is 248 g/mol. The van der Waals surface area contributed by atoms with Crippen LogP contribution in [-0.2, 0) is 4.79 Å². The van der Waals surface area contributed by atoms with Crippen molar-refractivity contribution in [3.05, 3.63) is 29.3 Å². The van der Waals surface area contributed by atoms with Crippen LogP contribution in [0.15, 0.2) is 29.2 Å². The summed E-state index contributed by atoms with van der Waals surface area (Å²) in [6.45, 7) is 0. The van der Waals surface area contributed by atoms with E-state index in [1.807, 2.05) is 6.07 Å². The van der Waals surface area contributed by atoms with Gasteiger partial charge in [-0.25, -0.2) is 0 Å². The summed E-state index contributed by atoms with van der Waals surface area (Å²) in [5.74, 6) is -0.886. The molecule has 0 unspecified atom stereocenters. The lowest BCUT2D eigenvalue weighted by molar-refractivity contribution is -0.145. The fourth-order valence-corrected chi connectivity index (χ4v) is 3.36. The summed E-state index contributed by atoms with van der Waals surface area (Å²) < 4.78 is -0.912. The molecule has 1 aliphatic rings. The zero-order chi connectivity index (χ0) is 11.8. The van der Waals surface area contributed by atoms with E-state index in [0.717, 1.165) is 4.90 Å². The van der Waals surface area contributed by atoms with Crippen LogP contribution < -0.4 is 0 Å². The largest absolute Gasteiger partial charge is 0.480 e. The average molecular weight is 259 g/mol. The summed E-state index contributed by atoms with van der Waals surface area (Å²) in [5, 5.41) is 19.0. The average Bonchev–Trinajstić information content (AvgIpc) is 2.18. The van der Waals surface area contributed by atoms with Crippen LogP contribution in [0.1, 0.15) is 12.8 Å². The molecule has 0 saturated heterocycles. The van der Waals surface area contributed by atoms with Crippen LogP contribution >= 0.6 is 23.4 Å². The van der Waals surface area contributed by atoms with Crippen molar-refractivity contribution in [1.29, 1.82) is 0 Å². The first-order valence-corrected chi connectivity index (χ1v) is 6.08. The van der Waals surface area contributed by atoms with Crippen LogP contribution in [-0.4, -0.2) is 27.0 Å². The molecule has 2 N–H and O–H groups in total. The minimum absolute atomic E-state index is 0.276. The molecule has 1 aromatic rings. The number of hydrogen-bond donors (Lipinski definition) is 2. The van der Waals surface area contributed by atoms with Gasteiger partial charge in [0, 0.05) is 4.90 Å². The summed E-state index contributed by atoms with van der Waals surface area (Å²) in [6.07, 6.45) is 0.0438. The maximum atomic E-state index is 11.2. The van der Waals surface area contributed by atoms with Gasteiger partial charge in [-0.2, -0.15) is 0 Å². The Morgan fingerprint density at radius 2 is 2.06 bits per heavy atom. The number of aliphatic hydroxyl groups excluding tert-OH is 1. The SMILES string of the molecule is O=C(O)C1(Sc2ccccc2Cl)CC(O)C1. The van der Waals surface area contributed by atoms with Crippen molar-refractivity contribution in [1.82, 2.24) is 0 Å².